The number of allylic oxidation sites excluding steroid dienone is 1. The van der Waals surface area contributed by atoms with Gasteiger partial charge in [0, 0.05) is 64.2 Å². The molecule has 0 aliphatic carbocycles. The van der Waals surface area contributed by atoms with Gasteiger partial charge in [0.05, 0.1) is 41.2 Å². The Kier molecular flexibility index (Phi) is 18.3. The number of aryl methyl sites for hydroxylation is 3. The third-order valence-corrected chi connectivity index (χ3v) is 15.4. The minimum atomic E-state index is -0.895. The van der Waals surface area contributed by atoms with Gasteiger partial charge in [0.2, 0.25) is 11.8 Å². The molecule has 3 atom stereocenters. The predicted molar refractivity (Wildman–Crippen MR) is 331 cm³/mol. The van der Waals surface area contributed by atoms with Crippen LogP contribution in [0.3, 0.4) is 0 Å². The third kappa shape index (κ3) is 13.8. The summed E-state index contributed by atoms with van der Waals surface area (Å²) in [6, 6.07) is 33.6. The van der Waals surface area contributed by atoms with E-state index in [-0.39, 0.29) is 82.5 Å². The fourth-order valence-electron chi connectivity index (χ4n) is 10.5. The Labute approximate surface area is 499 Å². The van der Waals surface area contributed by atoms with Gasteiger partial charge in [-0.25, -0.2) is 13.6 Å². The number of Topliss-reactive ketones (excluding diaryl/α,β-unsaturated/α-hetero) is 1. The van der Waals surface area contributed by atoms with Crippen LogP contribution in [0.2, 0.25) is 0 Å². The highest BCUT2D eigenvalue weighted by Gasteiger charge is 2.33. The molecular weight excluding hydrogens is 1110 g/mol. The first-order valence-electron chi connectivity index (χ1n) is 28.2. The van der Waals surface area contributed by atoms with Crippen LogP contribution < -0.4 is 37.8 Å². The normalized spacial score (nSPS) is 13.4. The van der Waals surface area contributed by atoms with E-state index in [1.807, 2.05) is 58.0 Å². The van der Waals surface area contributed by atoms with Crippen LogP contribution in [-0.4, -0.2) is 50.3 Å². The molecule has 19 heteroatoms. The summed E-state index contributed by atoms with van der Waals surface area (Å²) in [6.07, 6.45) is 3.87. The van der Waals surface area contributed by atoms with Crippen molar-refractivity contribution in [1.82, 2.24) is 25.6 Å². The fraction of sp³-hybridized carbons (Fsp3) is 0.206. The van der Waals surface area contributed by atoms with Gasteiger partial charge in [0.1, 0.15) is 22.8 Å². The Morgan fingerprint density at radius 1 is 0.655 bits per heavy atom. The van der Waals surface area contributed by atoms with Gasteiger partial charge in [0.15, 0.2) is 5.78 Å². The number of fused-ring (bicyclic) bond motifs is 2. The highest BCUT2D eigenvalue weighted by Crippen LogP contribution is 2.38. The van der Waals surface area contributed by atoms with Crippen molar-refractivity contribution in [3.8, 4) is 0 Å². The number of rotatable bonds is 17. The van der Waals surface area contributed by atoms with E-state index < -0.39 is 23.0 Å². The van der Waals surface area contributed by atoms with E-state index in [9.17, 15) is 47.1 Å². The summed E-state index contributed by atoms with van der Waals surface area (Å²) in [4.78, 5) is 112. The lowest BCUT2D eigenvalue weighted by Gasteiger charge is -2.16. The fourth-order valence-corrected chi connectivity index (χ4v) is 10.5. The summed E-state index contributed by atoms with van der Waals surface area (Å²) < 4.78 is 31.8. The van der Waals surface area contributed by atoms with Crippen molar-refractivity contribution in [3.63, 3.8) is 0 Å². The monoisotopic (exact) mass is 1170 g/mol. The molecule has 0 radical (unpaired) electrons. The van der Waals surface area contributed by atoms with Gasteiger partial charge in [-0.05, 0) is 166 Å². The van der Waals surface area contributed by atoms with E-state index in [0.717, 1.165) is 50.5 Å². The van der Waals surface area contributed by atoms with Gasteiger partial charge in [-0.1, -0.05) is 67.6 Å². The van der Waals surface area contributed by atoms with Gasteiger partial charge < -0.3 is 46.0 Å². The maximum Gasteiger partial charge on any atom is 0.349 e. The number of ketones is 1. The second kappa shape index (κ2) is 26.1. The number of aromatic amines is 3. The molecule has 0 saturated carbocycles. The van der Waals surface area contributed by atoms with Crippen molar-refractivity contribution in [3.05, 3.63) is 250 Å². The number of hydrogen-bond acceptors (Lipinski definition) is 9. The molecule has 5 heterocycles. The highest BCUT2D eigenvalue weighted by molar-refractivity contribution is 6.26. The van der Waals surface area contributed by atoms with Crippen LogP contribution in [0, 0.1) is 46.3 Å². The molecule has 10 rings (SSSR count). The Morgan fingerprint density at radius 2 is 1.25 bits per heavy atom. The number of amides is 5. The second-order valence-electron chi connectivity index (χ2n) is 21.5. The van der Waals surface area contributed by atoms with Crippen molar-refractivity contribution >= 4 is 75.0 Å². The van der Waals surface area contributed by atoms with Crippen molar-refractivity contribution < 1.29 is 42.0 Å². The zero-order chi connectivity index (χ0) is 62.4. The molecule has 17 nitrogen and oxygen atoms in total. The summed E-state index contributed by atoms with van der Waals surface area (Å²) in [5, 5.41) is 14.6. The molecule has 9 aromatic rings. The summed E-state index contributed by atoms with van der Waals surface area (Å²) in [6.45, 7) is 14.5. The average Bonchev–Trinajstić information content (AvgIpc) is 2.01. The van der Waals surface area contributed by atoms with Crippen LogP contribution in [0.5, 0.6) is 0 Å². The molecule has 87 heavy (non-hydrogen) atoms. The lowest BCUT2D eigenvalue weighted by molar-refractivity contribution is -0.117. The van der Waals surface area contributed by atoms with Crippen molar-refractivity contribution in [2.45, 2.75) is 92.7 Å². The zero-order valence-electron chi connectivity index (χ0n) is 49.1. The number of anilines is 3. The summed E-state index contributed by atoms with van der Waals surface area (Å²) in [7, 11) is 0. The minimum absolute atomic E-state index is 0.0577. The number of H-pyrrole nitrogens is 3. The Bertz CT molecular complexity index is 4310. The number of aromatic nitrogens is 3. The number of carbonyl (C=O) groups excluding carboxylic acids is 6. The SMILES string of the molecule is CCC(=O)/C(=C\c1[nH]c(C)c(NC(=O)c2cc3c(=O)[nH]ccc3oc2=O)c1C)c1cc(C(=O)NC(C)c2ccc(F)cc2)ccc1C.Cc1[nH]c(CC2C(=O)Nc3ccc(C(=O)NC(C)c4ccc(F)cc4)cc32)c(C)c1NC(=O)Cc1ccccc1. The molecule has 0 bridgehead atoms. The third-order valence-electron chi connectivity index (χ3n) is 15.4. The summed E-state index contributed by atoms with van der Waals surface area (Å²) in [5.41, 5.74) is 10.0. The smallest absolute Gasteiger partial charge is 0.349 e. The summed E-state index contributed by atoms with van der Waals surface area (Å²) in [5.74, 6) is -3.03. The molecule has 1 aliphatic heterocycles. The number of nitrogens with one attached hydrogen (secondary N) is 8. The molecule has 1 aliphatic rings. The van der Waals surface area contributed by atoms with Gasteiger partial charge >= 0.3 is 5.63 Å². The van der Waals surface area contributed by atoms with Crippen molar-refractivity contribution in [1.29, 1.82) is 0 Å². The lowest BCUT2D eigenvalue weighted by Crippen LogP contribution is -2.26. The maximum absolute atomic E-state index is 13.4. The molecule has 3 unspecified atom stereocenters. The molecular formula is C68H64F2N8O9. The molecule has 8 N–H and O–H groups in total. The Balaban J connectivity index is 0.000000210. The Hall–Kier alpha value is -10.6. The minimum Gasteiger partial charge on any atom is -0.422 e. The van der Waals surface area contributed by atoms with Crippen LogP contribution in [0.4, 0.5) is 25.8 Å². The molecule has 0 saturated heterocycles. The van der Waals surface area contributed by atoms with Gasteiger partial charge in [0.25, 0.3) is 23.3 Å². The number of pyridine rings is 1. The van der Waals surface area contributed by atoms with Crippen LogP contribution in [0.25, 0.3) is 22.6 Å². The Morgan fingerprint density at radius 3 is 1.89 bits per heavy atom. The van der Waals surface area contributed by atoms with E-state index in [0.29, 0.717) is 57.0 Å². The van der Waals surface area contributed by atoms with Crippen LogP contribution >= 0.6 is 0 Å². The first kappa shape index (κ1) is 61.0. The van der Waals surface area contributed by atoms with E-state index >= 15 is 0 Å². The highest BCUT2D eigenvalue weighted by atomic mass is 19.1. The number of carbonyl (C=O) groups is 6. The number of hydrogen-bond donors (Lipinski definition) is 8. The van der Waals surface area contributed by atoms with Crippen LogP contribution in [-0.2, 0) is 27.2 Å². The van der Waals surface area contributed by atoms with E-state index in [1.165, 1.54) is 42.6 Å². The topological polar surface area (TPSA) is 257 Å². The van der Waals surface area contributed by atoms with E-state index in [2.05, 4.69) is 41.5 Å². The van der Waals surface area contributed by atoms with Crippen molar-refractivity contribution in [2.24, 2.45) is 0 Å². The van der Waals surface area contributed by atoms with Gasteiger partial charge in [-0.15, -0.1) is 0 Å². The zero-order valence-corrected chi connectivity index (χ0v) is 49.1. The quantitative estimate of drug-likeness (QED) is 0.0403. The van der Waals surface area contributed by atoms with E-state index in [1.54, 1.807) is 94.4 Å². The largest absolute Gasteiger partial charge is 0.422 e. The molecule has 444 valence electrons. The van der Waals surface area contributed by atoms with Gasteiger partial charge in [-0.2, -0.15) is 0 Å². The first-order valence-corrected chi connectivity index (χ1v) is 28.2. The molecule has 5 amide bonds. The molecule has 5 aromatic carbocycles. The van der Waals surface area contributed by atoms with Crippen molar-refractivity contribution in [2.75, 3.05) is 16.0 Å². The second-order valence-corrected chi connectivity index (χ2v) is 21.5. The van der Waals surface area contributed by atoms with Crippen LogP contribution in [0.1, 0.15) is 144 Å². The first-order chi connectivity index (χ1) is 41.6. The van der Waals surface area contributed by atoms with Gasteiger partial charge in [-0.3, -0.25) is 33.6 Å². The maximum atomic E-state index is 13.4. The summed E-state index contributed by atoms with van der Waals surface area (Å²) >= 11 is 0. The lowest BCUT2D eigenvalue weighted by atomic mass is 9.92. The predicted octanol–water partition coefficient (Wildman–Crippen LogP) is 11.9. The molecule has 0 spiro atoms. The average molecular weight is 1180 g/mol. The number of benzene rings is 5. The molecule has 4 aromatic heterocycles. The molecule has 0 fully saturated rings. The van der Waals surface area contributed by atoms with E-state index in [4.69, 9.17) is 4.42 Å². The van der Waals surface area contributed by atoms with Crippen LogP contribution in [0.15, 0.2) is 148 Å². The standard InChI is InChI=1S/C36H33FN4O6.C32H31FN4O3/c1-6-30(42)26(25-15-23(8-7-18(25)2)33(43)40-20(4)22-9-11-24(37)12-10-22)17-29-19(3)32(21(5)39-29)41-35(45)28-16-27-31(47-36(28)46)13-14-38-34(27)44;1-18-28(34-20(3)30(18)37-29(38)15-21-7-5-4-6-8-21)17-26-25-16-23(11-14-27(25)36-32(26)40)31(39)35-19(2)22-9-12-24(33)13-10-22/h7-17,20,39H,6H2,1-5H3,(H,38,44)(H,40,43)(H,41,45);4-14,16,19,26,34H,15,17H2,1-3H3,(H,35,39)(H,36,40)(H,37,38)/b26-17-;. The number of halogens is 2.